The topological polar surface area (TPSA) is 69.3 Å². The van der Waals surface area contributed by atoms with Crippen LogP contribution in [-0.2, 0) is 11.3 Å². The van der Waals surface area contributed by atoms with Gasteiger partial charge in [0.25, 0.3) is 0 Å². The Morgan fingerprint density at radius 1 is 1.26 bits per heavy atom. The van der Waals surface area contributed by atoms with Gasteiger partial charge in [-0.3, -0.25) is 15.0 Å². The molecule has 23 heavy (non-hydrogen) atoms. The Labute approximate surface area is 136 Å². The number of likely N-dealkylation sites (N-methyl/N-ethyl adjacent to an activating group) is 1. The van der Waals surface area contributed by atoms with Crippen molar-refractivity contribution in [3.05, 3.63) is 52.3 Å². The zero-order valence-corrected chi connectivity index (χ0v) is 13.9. The first-order valence-corrected chi connectivity index (χ1v) is 7.44. The number of nitrogens with zero attached hydrogens (tertiary/aromatic N) is 2. The third-order valence-corrected chi connectivity index (χ3v) is 3.74. The predicted molar refractivity (Wildman–Crippen MR) is 89.0 cm³/mol. The van der Waals surface area contributed by atoms with Crippen molar-refractivity contribution in [2.45, 2.75) is 27.3 Å². The van der Waals surface area contributed by atoms with Crippen molar-refractivity contribution in [3.63, 3.8) is 0 Å². The summed E-state index contributed by atoms with van der Waals surface area (Å²) < 4.78 is 5.45. The molecule has 1 amide bonds. The maximum atomic E-state index is 12.1. The van der Waals surface area contributed by atoms with Gasteiger partial charge in [-0.1, -0.05) is 29.8 Å². The molecule has 120 valence electrons. The standard InChI is InChI=1S/C18H21N3O2/c1-12-5-7-15(8-6-12)10-21(4)11-17(22)20-18-16(9-19)13(2)14(3)23-18/h5-8H,10-11H2,1-4H3,(H,20,22). The Morgan fingerprint density at radius 3 is 2.52 bits per heavy atom. The minimum atomic E-state index is -0.204. The summed E-state index contributed by atoms with van der Waals surface area (Å²) in [7, 11) is 1.88. The van der Waals surface area contributed by atoms with Crippen molar-refractivity contribution in [1.29, 1.82) is 5.26 Å². The molecule has 5 nitrogen and oxygen atoms in total. The largest absolute Gasteiger partial charge is 0.444 e. The Balaban J connectivity index is 1.95. The number of hydrogen-bond donors (Lipinski definition) is 1. The monoisotopic (exact) mass is 311 g/mol. The zero-order chi connectivity index (χ0) is 17.0. The number of furan rings is 1. The minimum Gasteiger partial charge on any atom is -0.444 e. The maximum absolute atomic E-state index is 12.1. The van der Waals surface area contributed by atoms with Gasteiger partial charge in [-0.25, -0.2) is 0 Å². The van der Waals surface area contributed by atoms with Gasteiger partial charge < -0.3 is 4.42 Å². The van der Waals surface area contributed by atoms with Gasteiger partial charge in [0.1, 0.15) is 17.4 Å². The van der Waals surface area contributed by atoms with Crippen LogP contribution in [0.4, 0.5) is 5.88 Å². The SMILES string of the molecule is Cc1ccc(CN(C)CC(=O)Nc2oc(C)c(C)c2C#N)cc1. The average molecular weight is 311 g/mol. The third kappa shape index (κ3) is 4.21. The quantitative estimate of drug-likeness (QED) is 0.921. The minimum absolute atomic E-state index is 0.204. The van der Waals surface area contributed by atoms with Crippen LogP contribution in [0.5, 0.6) is 0 Å². The van der Waals surface area contributed by atoms with Crippen LogP contribution < -0.4 is 5.32 Å². The predicted octanol–water partition coefficient (Wildman–Crippen LogP) is 3.15. The highest BCUT2D eigenvalue weighted by molar-refractivity contribution is 5.92. The second-order valence-corrected chi connectivity index (χ2v) is 5.81. The fourth-order valence-electron chi connectivity index (χ4n) is 2.32. The van der Waals surface area contributed by atoms with Gasteiger partial charge >= 0.3 is 0 Å². The second kappa shape index (κ2) is 7.12. The van der Waals surface area contributed by atoms with Crippen LogP contribution in [-0.4, -0.2) is 24.4 Å². The van der Waals surface area contributed by atoms with E-state index in [2.05, 4.69) is 35.7 Å². The molecule has 0 aliphatic heterocycles. The van der Waals surface area contributed by atoms with E-state index in [4.69, 9.17) is 9.68 Å². The number of aryl methyl sites for hydroxylation is 2. The fraction of sp³-hybridized carbons (Fsp3) is 0.333. The molecule has 0 radical (unpaired) electrons. The molecule has 1 heterocycles. The van der Waals surface area contributed by atoms with Crippen LogP contribution in [0.2, 0.25) is 0 Å². The summed E-state index contributed by atoms with van der Waals surface area (Å²) in [6, 6.07) is 10.3. The number of carbonyl (C=O) groups is 1. The smallest absolute Gasteiger partial charge is 0.240 e. The third-order valence-electron chi connectivity index (χ3n) is 3.74. The van der Waals surface area contributed by atoms with Crippen molar-refractivity contribution >= 4 is 11.8 Å². The summed E-state index contributed by atoms with van der Waals surface area (Å²) in [6.45, 7) is 6.51. The molecule has 0 spiro atoms. The van der Waals surface area contributed by atoms with E-state index in [1.165, 1.54) is 5.56 Å². The van der Waals surface area contributed by atoms with Crippen molar-refractivity contribution < 1.29 is 9.21 Å². The number of benzene rings is 1. The average Bonchev–Trinajstić information content (AvgIpc) is 2.75. The Morgan fingerprint density at radius 2 is 1.91 bits per heavy atom. The molecule has 0 aliphatic rings. The lowest BCUT2D eigenvalue weighted by molar-refractivity contribution is -0.117. The normalized spacial score (nSPS) is 10.6. The van der Waals surface area contributed by atoms with E-state index in [9.17, 15) is 4.79 Å². The number of carbonyl (C=O) groups excluding carboxylic acids is 1. The van der Waals surface area contributed by atoms with E-state index < -0.39 is 0 Å². The first-order valence-electron chi connectivity index (χ1n) is 7.44. The summed E-state index contributed by atoms with van der Waals surface area (Å²) >= 11 is 0. The van der Waals surface area contributed by atoms with Gasteiger partial charge in [0, 0.05) is 12.1 Å². The molecule has 0 fully saturated rings. The lowest BCUT2D eigenvalue weighted by atomic mass is 10.1. The molecule has 1 N–H and O–H groups in total. The molecular formula is C18H21N3O2. The van der Waals surface area contributed by atoms with E-state index >= 15 is 0 Å². The van der Waals surface area contributed by atoms with Gasteiger partial charge in [-0.2, -0.15) is 5.26 Å². The lowest BCUT2D eigenvalue weighted by Gasteiger charge is -2.16. The van der Waals surface area contributed by atoms with E-state index in [1.54, 1.807) is 13.8 Å². The second-order valence-electron chi connectivity index (χ2n) is 5.81. The van der Waals surface area contributed by atoms with Crippen molar-refractivity contribution in [2.24, 2.45) is 0 Å². The van der Waals surface area contributed by atoms with Crippen molar-refractivity contribution in [2.75, 3.05) is 18.9 Å². The number of rotatable bonds is 5. The van der Waals surface area contributed by atoms with Crippen LogP contribution in [0.15, 0.2) is 28.7 Å². The molecular weight excluding hydrogens is 290 g/mol. The zero-order valence-electron chi connectivity index (χ0n) is 13.9. The fourth-order valence-corrected chi connectivity index (χ4v) is 2.32. The van der Waals surface area contributed by atoms with Gasteiger partial charge in [0.2, 0.25) is 11.8 Å². The van der Waals surface area contributed by atoms with E-state index in [-0.39, 0.29) is 18.3 Å². The van der Waals surface area contributed by atoms with E-state index in [1.807, 2.05) is 18.9 Å². The van der Waals surface area contributed by atoms with E-state index in [0.717, 1.165) is 11.1 Å². The first kappa shape index (κ1) is 16.8. The van der Waals surface area contributed by atoms with Crippen molar-refractivity contribution in [1.82, 2.24) is 4.90 Å². The number of nitrogens with one attached hydrogen (secondary N) is 1. The number of amides is 1. The van der Waals surface area contributed by atoms with E-state index in [0.29, 0.717) is 17.9 Å². The number of anilines is 1. The van der Waals surface area contributed by atoms with Crippen LogP contribution in [0.1, 0.15) is 28.0 Å². The first-order chi connectivity index (χ1) is 10.9. The number of nitriles is 1. The van der Waals surface area contributed by atoms with Crippen molar-refractivity contribution in [3.8, 4) is 6.07 Å². The number of hydrogen-bond acceptors (Lipinski definition) is 4. The molecule has 2 aromatic rings. The van der Waals surface area contributed by atoms with Gasteiger partial charge in [-0.15, -0.1) is 0 Å². The molecule has 0 atom stereocenters. The summed E-state index contributed by atoms with van der Waals surface area (Å²) in [6.07, 6.45) is 0. The van der Waals surface area contributed by atoms with Gasteiger partial charge in [-0.05, 0) is 33.4 Å². The molecule has 5 heteroatoms. The van der Waals surface area contributed by atoms with Crippen LogP contribution in [0.3, 0.4) is 0 Å². The Bertz CT molecular complexity index is 739. The summed E-state index contributed by atoms with van der Waals surface area (Å²) in [5.74, 6) is 0.672. The summed E-state index contributed by atoms with van der Waals surface area (Å²) in [5.41, 5.74) is 3.50. The highest BCUT2D eigenvalue weighted by Gasteiger charge is 2.17. The molecule has 0 aliphatic carbocycles. The van der Waals surface area contributed by atoms with Crippen LogP contribution in [0, 0.1) is 32.1 Å². The molecule has 0 saturated carbocycles. The Hall–Kier alpha value is -2.58. The molecule has 1 aromatic heterocycles. The molecule has 2 rings (SSSR count). The molecule has 0 unspecified atom stereocenters. The molecule has 1 aromatic carbocycles. The summed E-state index contributed by atoms with van der Waals surface area (Å²) in [5, 5.41) is 11.8. The summed E-state index contributed by atoms with van der Waals surface area (Å²) in [4.78, 5) is 14.0. The lowest BCUT2D eigenvalue weighted by Crippen LogP contribution is -2.29. The highest BCUT2D eigenvalue weighted by Crippen LogP contribution is 2.25. The highest BCUT2D eigenvalue weighted by atomic mass is 16.4. The molecule has 0 bridgehead atoms. The van der Waals surface area contributed by atoms with Crippen LogP contribution >= 0.6 is 0 Å². The van der Waals surface area contributed by atoms with Gasteiger partial charge in [0.05, 0.1) is 6.54 Å². The molecule has 0 saturated heterocycles. The maximum Gasteiger partial charge on any atom is 0.240 e. The Kier molecular flexibility index (Phi) is 5.20. The van der Waals surface area contributed by atoms with Gasteiger partial charge in [0.15, 0.2) is 0 Å². The van der Waals surface area contributed by atoms with Crippen LogP contribution in [0.25, 0.3) is 0 Å².